The van der Waals surface area contributed by atoms with Gasteiger partial charge in [-0.2, -0.15) is 0 Å². The lowest BCUT2D eigenvalue weighted by Crippen LogP contribution is -2.36. The summed E-state index contributed by atoms with van der Waals surface area (Å²) in [7, 11) is -3.99. The van der Waals surface area contributed by atoms with Gasteiger partial charge < -0.3 is 10.8 Å². The summed E-state index contributed by atoms with van der Waals surface area (Å²) in [6.07, 6.45) is 0.697. The minimum absolute atomic E-state index is 0.00830. The Morgan fingerprint density at radius 3 is 2.45 bits per heavy atom. The molecule has 0 fully saturated rings. The van der Waals surface area contributed by atoms with Gasteiger partial charge in [-0.1, -0.05) is 26.7 Å². The lowest BCUT2D eigenvalue weighted by atomic mass is 9.97. The summed E-state index contributed by atoms with van der Waals surface area (Å²) in [6, 6.07) is 3.37. The number of sulfonamides is 1. The van der Waals surface area contributed by atoms with E-state index in [1.165, 1.54) is 6.07 Å². The number of halogens is 1. The molecule has 1 aromatic rings. The fraction of sp³-hybridized carbons (Fsp3) is 0.538. The first-order valence-corrected chi connectivity index (χ1v) is 8.02. The zero-order valence-electron chi connectivity index (χ0n) is 11.6. The first-order chi connectivity index (χ1) is 9.31. The number of hydrogen-bond acceptors (Lipinski definition) is 4. The predicted octanol–water partition coefficient (Wildman–Crippen LogP) is 1.48. The third kappa shape index (κ3) is 4.16. The maximum atomic E-state index is 13.6. The minimum Gasteiger partial charge on any atom is -0.399 e. The summed E-state index contributed by atoms with van der Waals surface area (Å²) in [4.78, 5) is -0.469. The van der Waals surface area contributed by atoms with Crippen molar-refractivity contribution in [1.29, 1.82) is 0 Å². The van der Waals surface area contributed by atoms with Gasteiger partial charge in [-0.15, -0.1) is 0 Å². The summed E-state index contributed by atoms with van der Waals surface area (Å²) in [5.74, 6) is -0.900. The van der Waals surface area contributed by atoms with Crippen LogP contribution in [0.2, 0.25) is 0 Å². The number of aliphatic hydroxyl groups excluding tert-OH is 1. The Hall–Kier alpha value is -1.18. The van der Waals surface area contributed by atoms with Crippen LogP contribution in [0.4, 0.5) is 10.1 Å². The molecule has 0 saturated carbocycles. The molecule has 0 aliphatic heterocycles. The summed E-state index contributed by atoms with van der Waals surface area (Å²) < 4.78 is 39.8. The van der Waals surface area contributed by atoms with Gasteiger partial charge in [0.1, 0.15) is 10.7 Å². The first kappa shape index (κ1) is 16.9. The highest BCUT2D eigenvalue weighted by molar-refractivity contribution is 7.89. The van der Waals surface area contributed by atoms with Crippen LogP contribution in [0.15, 0.2) is 23.1 Å². The van der Waals surface area contributed by atoms with Gasteiger partial charge in [-0.3, -0.25) is 0 Å². The average molecular weight is 304 g/mol. The highest BCUT2D eigenvalue weighted by Crippen LogP contribution is 2.18. The maximum Gasteiger partial charge on any atom is 0.243 e. The molecule has 1 atom stereocenters. The van der Waals surface area contributed by atoms with Gasteiger partial charge in [0, 0.05) is 12.2 Å². The molecule has 0 radical (unpaired) electrons. The van der Waals surface area contributed by atoms with E-state index in [9.17, 15) is 17.9 Å². The van der Waals surface area contributed by atoms with E-state index < -0.39 is 26.8 Å². The molecule has 114 valence electrons. The average Bonchev–Trinajstić information content (AvgIpc) is 2.37. The fourth-order valence-electron chi connectivity index (χ4n) is 2.01. The van der Waals surface area contributed by atoms with Crippen molar-refractivity contribution in [3.63, 3.8) is 0 Å². The van der Waals surface area contributed by atoms with Gasteiger partial charge in [0.2, 0.25) is 10.0 Å². The van der Waals surface area contributed by atoms with Crippen LogP contribution in [-0.2, 0) is 10.0 Å². The molecule has 0 aliphatic rings. The molecule has 0 heterocycles. The molecule has 5 nitrogen and oxygen atoms in total. The first-order valence-electron chi connectivity index (χ1n) is 6.54. The quantitative estimate of drug-likeness (QED) is 0.665. The Labute approximate surface area is 119 Å². The number of rotatable bonds is 7. The number of benzene rings is 1. The van der Waals surface area contributed by atoms with E-state index in [0.717, 1.165) is 25.0 Å². The standard InChI is InChI=1S/C13H21FN2O3S/c1-3-9(4-2)12(17)8-16-20(18,19)13-6-5-10(15)7-11(13)14/h5-7,9,12,16-17H,3-4,8,15H2,1-2H3. The number of nitrogen functional groups attached to an aromatic ring is 1. The van der Waals surface area contributed by atoms with Crippen LogP contribution in [0.1, 0.15) is 26.7 Å². The third-order valence-corrected chi connectivity index (χ3v) is 4.78. The summed E-state index contributed by atoms with van der Waals surface area (Å²) >= 11 is 0. The molecule has 1 aromatic carbocycles. The third-order valence-electron chi connectivity index (χ3n) is 3.32. The molecule has 7 heteroatoms. The van der Waals surface area contributed by atoms with E-state index in [4.69, 9.17) is 5.73 Å². The maximum absolute atomic E-state index is 13.6. The summed E-state index contributed by atoms with van der Waals surface area (Å²) in [6.45, 7) is 3.70. The van der Waals surface area contributed by atoms with Crippen LogP contribution in [-0.4, -0.2) is 26.2 Å². The van der Waals surface area contributed by atoms with Gasteiger partial charge in [0.05, 0.1) is 6.10 Å². The van der Waals surface area contributed by atoms with E-state index in [2.05, 4.69) is 4.72 Å². The van der Waals surface area contributed by atoms with Crippen molar-refractivity contribution < 1.29 is 17.9 Å². The topological polar surface area (TPSA) is 92.4 Å². The van der Waals surface area contributed by atoms with Crippen molar-refractivity contribution >= 4 is 15.7 Å². The van der Waals surface area contributed by atoms with Crippen molar-refractivity contribution in [3.8, 4) is 0 Å². The molecule has 0 bridgehead atoms. The van der Waals surface area contributed by atoms with Crippen LogP contribution in [0, 0.1) is 11.7 Å². The summed E-state index contributed by atoms with van der Waals surface area (Å²) in [5.41, 5.74) is 5.52. The van der Waals surface area contributed by atoms with Crippen LogP contribution in [0.25, 0.3) is 0 Å². The van der Waals surface area contributed by atoms with Gasteiger partial charge in [0.25, 0.3) is 0 Å². The minimum atomic E-state index is -3.99. The molecule has 4 N–H and O–H groups in total. The Balaban J connectivity index is 2.80. The van der Waals surface area contributed by atoms with Crippen molar-refractivity contribution in [1.82, 2.24) is 4.72 Å². The van der Waals surface area contributed by atoms with E-state index in [0.29, 0.717) is 0 Å². The lowest BCUT2D eigenvalue weighted by Gasteiger charge is -2.20. The van der Waals surface area contributed by atoms with Crippen molar-refractivity contribution in [2.45, 2.75) is 37.7 Å². The highest BCUT2D eigenvalue weighted by atomic mass is 32.2. The van der Waals surface area contributed by atoms with Gasteiger partial charge in [-0.25, -0.2) is 17.5 Å². The van der Waals surface area contributed by atoms with Crippen LogP contribution >= 0.6 is 0 Å². The fourth-order valence-corrected chi connectivity index (χ4v) is 3.12. The van der Waals surface area contributed by atoms with Crippen molar-refractivity contribution in [2.24, 2.45) is 5.92 Å². The molecule has 0 aromatic heterocycles. The van der Waals surface area contributed by atoms with E-state index in [1.54, 1.807) is 0 Å². The van der Waals surface area contributed by atoms with Crippen LogP contribution in [0.5, 0.6) is 0 Å². The van der Waals surface area contributed by atoms with Crippen LogP contribution in [0.3, 0.4) is 0 Å². The number of nitrogens with one attached hydrogen (secondary N) is 1. The Bertz CT molecular complexity index is 545. The lowest BCUT2D eigenvalue weighted by molar-refractivity contribution is 0.107. The molecule has 0 aliphatic carbocycles. The smallest absolute Gasteiger partial charge is 0.243 e. The van der Waals surface area contributed by atoms with Gasteiger partial charge >= 0.3 is 0 Å². The predicted molar refractivity (Wildman–Crippen MR) is 76.1 cm³/mol. The van der Waals surface area contributed by atoms with E-state index in [1.807, 2.05) is 13.8 Å². The number of nitrogens with two attached hydrogens (primary N) is 1. The van der Waals surface area contributed by atoms with Crippen molar-refractivity contribution in [2.75, 3.05) is 12.3 Å². The SMILES string of the molecule is CCC(CC)C(O)CNS(=O)(=O)c1ccc(N)cc1F. The molecule has 0 amide bonds. The monoisotopic (exact) mass is 304 g/mol. The second kappa shape index (κ2) is 7.01. The number of aliphatic hydroxyl groups is 1. The zero-order valence-corrected chi connectivity index (χ0v) is 12.5. The molecular weight excluding hydrogens is 283 g/mol. The normalized spacial score (nSPS) is 13.7. The molecule has 1 unspecified atom stereocenters. The van der Waals surface area contributed by atoms with E-state index >= 15 is 0 Å². The van der Waals surface area contributed by atoms with Crippen molar-refractivity contribution in [3.05, 3.63) is 24.0 Å². The number of hydrogen-bond donors (Lipinski definition) is 3. The Morgan fingerprint density at radius 1 is 1.35 bits per heavy atom. The largest absolute Gasteiger partial charge is 0.399 e. The van der Waals surface area contributed by atoms with Crippen LogP contribution < -0.4 is 10.5 Å². The molecule has 20 heavy (non-hydrogen) atoms. The summed E-state index contributed by atoms with van der Waals surface area (Å²) in [5, 5.41) is 9.89. The Kier molecular flexibility index (Phi) is 5.91. The molecular formula is C13H21FN2O3S. The second-order valence-electron chi connectivity index (χ2n) is 4.69. The molecule has 1 rings (SSSR count). The Morgan fingerprint density at radius 2 is 1.95 bits per heavy atom. The van der Waals surface area contributed by atoms with Gasteiger partial charge in [-0.05, 0) is 24.1 Å². The van der Waals surface area contributed by atoms with Gasteiger partial charge in [0.15, 0.2) is 0 Å². The zero-order chi connectivity index (χ0) is 15.3. The second-order valence-corrected chi connectivity index (χ2v) is 6.42. The molecule has 0 spiro atoms. The van der Waals surface area contributed by atoms with E-state index in [-0.39, 0.29) is 18.2 Å². The number of anilines is 1. The highest BCUT2D eigenvalue weighted by Gasteiger charge is 2.22. The molecule has 0 saturated heterocycles.